The van der Waals surface area contributed by atoms with Crippen LogP contribution in [0, 0.1) is 0 Å². The summed E-state index contributed by atoms with van der Waals surface area (Å²) in [6.45, 7) is 0. The molecule has 1 unspecified atom stereocenters. The minimum atomic E-state index is -1.66. The van der Waals surface area contributed by atoms with Crippen LogP contribution in [0.2, 0.25) is 0 Å². The summed E-state index contributed by atoms with van der Waals surface area (Å²) in [5, 5.41) is 1.82. The Labute approximate surface area is 91.5 Å². The Morgan fingerprint density at radius 3 is 1.75 bits per heavy atom. The van der Waals surface area contributed by atoms with Crippen LogP contribution in [-0.4, -0.2) is 43.1 Å². The maximum atomic E-state index is 10.9. The smallest absolute Gasteiger partial charge is 0.249 e. The third-order valence-corrected chi connectivity index (χ3v) is 1.30. The SMILES string of the molecule is CN.NC(=O)C(NC(=O)C(N)C=O)C(N)=O. The molecule has 0 aliphatic heterocycles. The van der Waals surface area contributed by atoms with Crippen molar-refractivity contribution < 1.29 is 19.2 Å². The minimum absolute atomic E-state index is 0.147. The number of hydrogen-bond acceptors (Lipinski definition) is 6. The molecule has 92 valence electrons. The molecule has 0 bridgehead atoms. The van der Waals surface area contributed by atoms with Crippen LogP contribution in [0.5, 0.6) is 0 Å². The molecule has 1 atom stereocenters. The lowest BCUT2D eigenvalue weighted by Crippen LogP contribution is -2.56. The number of carbonyl (C=O) groups is 4. The van der Waals surface area contributed by atoms with Gasteiger partial charge in [0.1, 0.15) is 12.3 Å². The number of rotatable bonds is 5. The largest absolute Gasteiger partial charge is 0.367 e. The van der Waals surface area contributed by atoms with Gasteiger partial charge in [0.2, 0.25) is 17.7 Å². The lowest BCUT2D eigenvalue weighted by Gasteiger charge is -2.12. The first-order valence-electron chi connectivity index (χ1n) is 4.07. The number of nitrogens with one attached hydrogen (secondary N) is 1. The van der Waals surface area contributed by atoms with Gasteiger partial charge >= 0.3 is 0 Å². The summed E-state index contributed by atoms with van der Waals surface area (Å²) >= 11 is 0. The van der Waals surface area contributed by atoms with E-state index in [0.29, 0.717) is 0 Å². The first-order chi connectivity index (χ1) is 7.40. The quantitative estimate of drug-likeness (QED) is 0.235. The van der Waals surface area contributed by atoms with Crippen LogP contribution in [0.3, 0.4) is 0 Å². The van der Waals surface area contributed by atoms with Crippen molar-refractivity contribution in [2.75, 3.05) is 7.05 Å². The van der Waals surface area contributed by atoms with Gasteiger partial charge in [0.25, 0.3) is 0 Å². The summed E-state index contributed by atoms with van der Waals surface area (Å²) in [5.74, 6) is -3.24. The Morgan fingerprint density at radius 2 is 1.50 bits per heavy atom. The number of primary amides is 2. The van der Waals surface area contributed by atoms with Crippen molar-refractivity contribution in [3.8, 4) is 0 Å². The Balaban J connectivity index is 0. The van der Waals surface area contributed by atoms with Gasteiger partial charge in [-0.2, -0.15) is 0 Å². The van der Waals surface area contributed by atoms with Gasteiger partial charge in [-0.25, -0.2) is 0 Å². The van der Waals surface area contributed by atoms with Crippen LogP contribution in [0.1, 0.15) is 0 Å². The summed E-state index contributed by atoms with van der Waals surface area (Å²) in [6.07, 6.45) is 0.147. The van der Waals surface area contributed by atoms with Crippen LogP contribution in [-0.2, 0) is 19.2 Å². The molecule has 16 heavy (non-hydrogen) atoms. The fourth-order valence-electron chi connectivity index (χ4n) is 0.583. The van der Waals surface area contributed by atoms with E-state index in [-0.39, 0.29) is 6.29 Å². The molecule has 3 amide bonds. The van der Waals surface area contributed by atoms with Crippen LogP contribution >= 0.6 is 0 Å². The summed E-state index contributed by atoms with van der Waals surface area (Å²) < 4.78 is 0. The van der Waals surface area contributed by atoms with E-state index in [9.17, 15) is 19.2 Å². The van der Waals surface area contributed by atoms with Crippen molar-refractivity contribution in [2.24, 2.45) is 22.9 Å². The zero-order valence-corrected chi connectivity index (χ0v) is 8.67. The molecule has 0 aromatic carbocycles. The topological polar surface area (TPSA) is 184 Å². The third-order valence-electron chi connectivity index (χ3n) is 1.30. The van der Waals surface area contributed by atoms with Crippen LogP contribution in [0.15, 0.2) is 0 Å². The zero-order chi connectivity index (χ0) is 13.3. The normalized spacial score (nSPS) is 10.8. The zero-order valence-electron chi connectivity index (χ0n) is 8.67. The van der Waals surface area contributed by atoms with Gasteiger partial charge in [-0.05, 0) is 7.05 Å². The molecule has 0 radical (unpaired) electrons. The average Bonchev–Trinajstić information content (AvgIpc) is 2.26. The van der Waals surface area contributed by atoms with E-state index in [4.69, 9.17) is 17.2 Å². The van der Waals surface area contributed by atoms with E-state index in [0.717, 1.165) is 0 Å². The third kappa shape index (κ3) is 5.67. The van der Waals surface area contributed by atoms with E-state index in [2.05, 4.69) is 5.73 Å². The molecule has 0 saturated carbocycles. The van der Waals surface area contributed by atoms with E-state index in [1.807, 2.05) is 5.32 Å². The predicted octanol–water partition coefficient (Wildman–Crippen LogP) is -4.46. The molecule has 9 heteroatoms. The molecular formula is C7H15N5O4. The second-order valence-electron chi connectivity index (χ2n) is 2.41. The number of hydrogen-bond donors (Lipinski definition) is 5. The highest BCUT2D eigenvalue weighted by Crippen LogP contribution is 1.82. The molecule has 0 aliphatic rings. The number of amides is 3. The Morgan fingerprint density at radius 1 is 1.12 bits per heavy atom. The van der Waals surface area contributed by atoms with Crippen molar-refractivity contribution in [1.29, 1.82) is 0 Å². The number of aldehydes is 1. The lowest BCUT2D eigenvalue weighted by atomic mass is 10.2. The molecule has 0 aromatic heterocycles. The predicted molar refractivity (Wildman–Crippen MR) is 54.5 cm³/mol. The van der Waals surface area contributed by atoms with Crippen molar-refractivity contribution in [3.63, 3.8) is 0 Å². The van der Waals surface area contributed by atoms with Crippen molar-refractivity contribution in [2.45, 2.75) is 12.1 Å². The lowest BCUT2D eigenvalue weighted by molar-refractivity contribution is -0.135. The molecular weight excluding hydrogens is 218 g/mol. The average molecular weight is 233 g/mol. The number of nitrogens with two attached hydrogens (primary N) is 4. The van der Waals surface area contributed by atoms with Gasteiger partial charge in [-0.1, -0.05) is 0 Å². The van der Waals surface area contributed by atoms with Crippen LogP contribution < -0.4 is 28.3 Å². The van der Waals surface area contributed by atoms with E-state index >= 15 is 0 Å². The molecule has 0 saturated heterocycles. The second kappa shape index (κ2) is 8.32. The molecule has 0 rings (SSSR count). The molecule has 0 aliphatic carbocycles. The molecule has 9 N–H and O–H groups in total. The first-order valence-corrected chi connectivity index (χ1v) is 4.07. The van der Waals surface area contributed by atoms with Crippen LogP contribution in [0.25, 0.3) is 0 Å². The number of carbonyl (C=O) groups excluding carboxylic acids is 4. The van der Waals surface area contributed by atoms with Gasteiger partial charge in [0.15, 0.2) is 6.04 Å². The van der Waals surface area contributed by atoms with Gasteiger partial charge in [-0.3, -0.25) is 14.4 Å². The Kier molecular flexibility index (Phi) is 8.54. The maximum absolute atomic E-state index is 10.9. The van der Waals surface area contributed by atoms with Gasteiger partial charge in [-0.15, -0.1) is 0 Å². The highest BCUT2D eigenvalue weighted by Gasteiger charge is 2.25. The molecule has 0 spiro atoms. The Bertz CT molecular complexity index is 266. The maximum Gasteiger partial charge on any atom is 0.249 e. The molecule has 9 nitrogen and oxygen atoms in total. The summed E-state index contributed by atoms with van der Waals surface area (Å²) in [5.41, 5.74) is 19.0. The van der Waals surface area contributed by atoms with E-state index in [1.54, 1.807) is 0 Å². The van der Waals surface area contributed by atoms with E-state index < -0.39 is 29.8 Å². The monoisotopic (exact) mass is 233 g/mol. The van der Waals surface area contributed by atoms with Gasteiger partial charge < -0.3 is 33.0 Å². The second-order valence-corrected chi connectivity index (χ2v) is 2.41. The highest BCUT2D eigenvalue weighted by molar-refractivity contribution is 6.07. The first kappa shape index (κ1) is 16.4. The summed E-state index contributed by atoms with van der Waals surface area (Å²) in [7, 11) is 1.50. The standard InChI is InChI=1S/C6H10N4O4.CH5N/c7-2(1-11)6(14)10-3(4(8)12)5(9)13;1-2/h1-3H,7H2,(H2,8,12)(H2,9,13)(H,10,14);2H2,1H3. The fourth-order valence-corrected chi connectivity index (χ4v) is 0.583. The van der Waals surface area contributed by atoms with Crippen molar-refractivity contribution in [3.05, 3.63) is 0 Å². The highest BCUT2D eigenvalue weighted by atomic mass is 16.2. The summed E-state index contributed by atoms with van der Waals surface area (Å²) in [4.78, 5) is 42.1. The van der Waals surface area contributed by atoms with Crippen LogP contribution in [0.4, 0.5) is 0 Å². The Hall–Kier alpha value is -2.00. The molecule has 0 heterocycles. The van der Waals surface area contributed by atoms with Gasteiger partial charge in [0, 0.05) is 0 Å². The summed E-state index contributed by atoms with van der Waals surface area (Å²) in [6, 6.07) is -3.12. The fraction of sp³-hybridized carbons (Fsp3) is 0.429. The molecule has 0 fully saturated rings. The van der Waals surface area contributed by atoms with Crippen molar-refractivity contribution >= 4 is 24.0 Å². The minimum Gasteiger partial charge on any atom is -0.367 e. The van der Waals surface area contributed by atoms with Crippen molar-refractivity contribution in [1.82, 2.24) is 5.32 Å². The molecule has 0 aromatic rings. The van der Waals surface area contributed by atoms with Gasteiger partial charge in [0.05, 0.1) is 0 Å². The van der Waals surface area contributed by atoms with E-state index in [1.165, 1.54) is 7.05 Å².